The molecule has 152 valence electrons. The number of hydrazone groups is 1. The molecule has 4 rings (SSSR count). The lowest BCUT2D eigenvalue weighted by molar-refractivity contribution is -0.115. The highest BCUT2D eigenvalue weighted by atomic mass is 127. The Hall–Kier alpha value is -1.60. The van der Waals surface area contributed by atoms with Crippen molar-refractivity contribution in [1.29, 1.82) is 0 Å². The zero-order valence-corrected chi connectivity index (χ0v) is 19.2. The van der Waals surface area contributed by atoms with Crippen LogP contribution >= 0.6 is 34.2 Å². The molecule has 0 saturated heterocycles. The topological polar surface area (TPSA) is 44.7 Å². The summed E-state index contributed by atoms with van der Waals surface area (Å²) in [5.41, 5.74) is 2.54. The summed E-state index contributed by atoms with van der Waals surface area (Å²) in [5, 5.41) is 10.5. The Morgan fingerprint density at radius 3 is 2.41 bits per heavy atom. The lowest BCUT2D eigenvalue weighted by atomic mass is 10.0. The summed E-state index contributed by atoms with van der Waals surface area (Å²) in [5.74, 6) is -0.0398. The highest BCUT2D eigenvalue weighted by Gasteiger charge is 2.34. The first kappa shape index (κ1) is 20.7. The van der Waals surface area contributed by atoms with Crippen molar-refractivity contribution in [3.8, 4) is 0 Å². The van der Waals surface area contributed by atoms with E-state index < -0.39 is 0 Å². The maximum absolute atomic E-state index is 13.0. The minimum Gasteiger partial charge on any atom is -0.348 e. The van der Waals surface area contributed by atoms with E-state index in [-0.39, 0.29) is 18.0 Å². The number of carbonyl (C=O) groups excluding carboxylic acids is 1. The number of nitrogens with one attached hydrogen (secondary N) is 1. The number of anilines is 1. The summed E-state index contributed by atoms with van der Waals surface area (Å²) in [6.45, 7) is 0. The molecule has 2 aliphatic rings. The average Bonchev–Trinajstić information content (AvgIpc) is 3.00. The highest BCUT2D eigenvalue weighted by Crippen LogP contribution is 2.38. The van der Waals surface area contributed by atoms with Crippen LogP contribution in [0, 0.1) is 3.57 Å². The largest absolute Gasteiger partial charge is 0.348 e. The fourth-order valence-corrected chi connectivity index (χ4v) is 4.73. The number of nitrogens with zero attached hydrogens (tertiary/aromatic N) is 2. The van der Waals surface area contributed by atoms with Gasteiger partial charge in [-0.25, -0.2) is 0 Å². The van der Waals surface area contributed by atoms with Gasteiger partial charge in [0.15, 0.2) is 0 Å². The molecule has 6 heteroatoms. The molecule has 2 aromatic rings. The number of rotatable bonds is 4. The Bertz CT molecular complexity index is 891. The third kappa shape index (κ3) is 4.94. The average molecular weight is 522 g/mol. The van der Waals surface area contributed by atoms with Crippen LogP contribution in [-0.4, -0.2) is 17.7 Å². The van der Waals surface area contributed by atoms with Crippen LogP contribution in [0.3, 0.4) is 0 Å². The molecule has 1 N–H and O–H groups in total. The van der Waals surface area contributed by atoms with E-state index in [0.717, 1.165) is 24.1 Å². The van der Waals surface area contributed by atoms with E-state index in [1.807, 2.05) is 29.3 Å². The van der Waals surface area contributed by atoms with Gasteiger partial charge in [-0.15, -0.1) is 0 Å². The molecule has 2 aromatic carbocycles. The summed E-state index contributed by atoms with van der Waals surface area (Å²) < 4.78 is 1.18. The van der Waals surface area contributed by atoms with E-state index in [1.165, 1.54) is 29.3 Å². The van der Waals surface area contributed by atoms with Crippen molar-refractivity contribution < 1.29 is 4.79 Å². The van der Waals surface area contributed by atoms with Gasteiger partial charge in [-0.2, -0.15) is 5.10 Å². The number of hydrogen-bond donors (Lipinski definition) is 1. The first-order valence-corrected chi connectivity index (χ1v) is 11.7. The predicted molar refractivity (Wildman–Crippen MR) is 128 cm³/mol. The van der Waals surface area contributed by atoms with Crippen LogP contribution in [-0.2, 0) is 4.79 Å². The maximum atomic E-state index is 13.0. The Morgan fingerprint density at radius 1 is 1.03 bits per heavy atom. The number of benzene rings is 2. The molecular formula is C23H25ClIN3O. The summed E-state index contributed by atoms with van der Waals surface area (Å²) in [7, 11) is 0. The van der Waals surface area contributed by atoms with Crippen LogP contribution in [0.25, 0.3) is 0 Å². The van der Waals surface area contributed by atoms with E-state index in [2.05, 4.69) is 52.2 Å². The molecular weight excluding hydrogens is 497 g/mol. The fraction of sp³-hybridized carbons (Fsp3) is 0.391. The molecule has 1 atom stereocenters. The quantitative estimate of drug-likeness (QED) is 0.391. The normalized spacial score (nSPS) is 20.3. The molecule has 1 heterocycles. The zero-order valence-electron chi connectivity index (χ0n) is 16.3. The van der Waals surface area contributed by atoms with Gasteiger partial charge in [-0.3, -0.25) is 9.80 Å². The lowest BCUT2D eigenvalue weighted by Crippen LogP contribution is -2.38. The van der Waals surface area contributed by atoms with Gasteiger partial charge < -0.3 is 5.32 Å². The van der Waals surface area contributed by atoms with Crippen LogP contribution in [0.2, 0.25) is 5.02 Å². The van der Waals surface area contributed by atoms with Crippen molar-refractivity contribution in [3.63, 3.8) is 0 Å². The smallest absolute Gasteiger partial charge is 0.267 e. The third-order valence-corrected chi connectivity index (χ3v) is 6.76. The number of halogens is 2. The molecule has 0 radical (unpaired) electrons. The van der Waals surface area contributed by atoms with E-state index >= 15 is 0 Å². The van der Waals surface area contributed by atoms with Crippen LogP contribution in [0.15, 0.2) is 53.6 Å². The lowest BCUT2D eigenvalue weighted by Gasteiger charge is -2.24. The Labute approximate surface area is 190 Å². The van der Waals surface area contributed by atoms with Gasteiger partial charge in [0.05, 0.1) is 16.8 Å². The van der Waals surface area contributed by atoms with Crippen LogP contribution < -0.4 is 10.3 Å². The van der Waals surface area contributed by atoms with Gasteiger partial charge in [-0.05, 0) is 65.3 Å². The predicted octanol–water partition coefficient (Wildman–Crippen LogP) is 6.09. The van der Waals surface area contributed by atoms with Crippen LogP contribution in [0.5, 0.6) is 0 Å². The molecule has 1 aliphatic heterocycles. The molecule has 4 nitrogen and oxygen atoms in total. The second kappa shape index (κ2) is 9.47. The highest BCUT2D eigenvalue weighted by molar-refractivity contribution is 14.1. The molecule has 1 aliphatic carbocycles. The number of amides is 1. The molecule has 0 bridgehead atoms. The number of para-hydroxylation sites is 1. The first-order valence-electron chi connectivity index (χ1n) is 10.3. The van der Waals surface area contributed by atoms with E-state index in [9.17, 15) is 4.79 Å². The third-order valence-electron chi connectivity index (χ3n) is 5.72. The molecule has 29 heavy (non-hydrogen) atoms. The van der Waals surface area contributed by atoms with Gasteiger partial charge in [0.2, 0.25) is 0 Å². The fourth-order valence-electron chi connectivity index (χ4n) is 4.14. The zero-order chi connectivity index (χ0) is 20.2. The van der Waals surface area contributed by atoms with Gasteiger partial charge >= 0.3 is 0 Å². The molecule has 0 aromatic heterocycles. The monoisotopic (exact) mass is 521 g/mol. The summed E-state index contributed by atoms with van der Waals surface area (Å²) >= 11 is 8.77. The van der Waals surface area contributed by atoms with Crippen molar-refractivity contribution in [2.45, 2.75) is 57.0 Å². The van der Waals surface area contributed by atoms with Crippen LogP contribution in [0.4, 0.5) is 5.69 Å². The molecule has 1 unspecified atom stereocenters. The van der Waals surface area contributed by atoms with Gasteiger partial charge in [0.25, 0.3) is 5.91 Å². The van der Waals surface area contributed by atoms with Crippen molar-refractivity contribution in [3.05, 3.63) is 62.7 Å². The molecule has 1 fully saturated rings. The van der Waals surface area contributed by atoms with Crippen molar-refractivity contribution >= 4 is 51.5 Å². The summed E-state index contributed by atoms with van der Waals surface area (Å²) in [6, 6.07) is 16.3. The van der Waals surface area contributed by atoms with Crippen molar-refractivity contribution in [2.75, 3.05) is 5.01 Å². The SMILES string of the molecule is O=C(NC1CCCCCC1)C1=NN(c2ccccc2Cl)C(c2ccc(I)cc2)C1. The minimum absolute atomic E-state index is 0.0398. The summed E-state index contributed by atoms with van der Waals surface area (Å²) in [4.78, 5) is 13.0. The molecule has 1 saturated carbocycles. The minimum atomic E-state index is -0.0400. The van der Waals surface area contributed by atoms with Gasteiger partial charge in [-0.1, -0.05) is 61.5 Å². The second-order valence-electron chi connectivity index (χ2n) is 7.78. The van der Waals surface area contributed by atoms with Gasteiger partial charge in [0, 0.05) is 16.0 Å². The number of carbonyl (C=O) groups is 1. The van der Waals surface area contributed by atoms with Gasteiger partial charge in [0.1, 0.15) is 5.71 Å². The Balaban J connectivity index is 1.59. The molecule has 1 amide bonds. The standard InChI is InChI=1S/C23H25ClIN3O/c24-19-9-5-6-10-21(19)28-22(16-11-13-17(25)14-12-16)15-20(27-28)23(29)26-18-7-3-1-2-4-8-18/h5-6,9-14,18,22H,1-4,7-8,15H2,(H,26,29). The Morgan fingerprint density at radius 2 is 1.72 bits per heavy atom. The van der Waals surface area contributed by atoms with E-state index in [1.54, 1.807) is 0 Å². The maximum Gasteiger partial charge on any atom is 0.267 e. The number of hydrogen-bond acceptors (Lipinski definition) is 3. The van der Waals surface area contributed by atoms with Crippen molar-refractivity contribution in [1.82, 2.24) is 5.32 Å². The Kier molecular flexibility index (Phi) is 6.75. The second-order valence-corrected chi connectivity index (χ2v) is 9.43. The molecule has 0 spiro atoms. The van der Waals surface area contributed by atoms with Crippen molar-refractivity contribution in [2.24, 2.45) is 5.10 Å². The van der Waals surface area contributed by atoms with E-state index in [4.69, 9.17) is 16.7 Å². The van der Waals surface area contributed by atoms with Crippen LogP contribution in [0.1, 0.15) is 56.6 Å². The summed E-state index contributed by atoms with van der Waals surface area (Å²) in [6.07, 6.45) is 7.61. The first-order chi connectivity index (χ1) is 14.1. The van der Waals surface area contributed by atoms with E-state index in [0.29, 0.717) is 17.2 Å².